The lowest BCUT2D eigenvalue weighted by Crippen LogP contribution is -3.20. The molecule has 1 heterocycles. The number of nitrogens with one attached hydrogen (secondary N) is 1. The molecule has 3 N–H and O–H groups in total. The van der Waals surface area contributed by atoms with Gasteiger partial charge < -0.3 is 10.2 Å². The molecule has 24 heavy (non-hydrogen) atoms. The van der Waals surface area contributed by atoms with Gasteiger partial charge in [-0.1, -0.05) is 24.3 Å². The molecule has 128 valence electrons. The third-order valence-electron chi connectivity index (χ3n) is 4.97. The average molecular weight is 332 g/mol. The number of benzene rings is 2. The number of hydrogen-bond acceptors (Lipinski definition) is 0. The first-order valence-corrected chi connectivity index (χ1v) is 8.88. The largest absolute Gasteiger partial charge is 0.337 e. The average Bonchev–Trinajstić information content (AvgIpc) is 2.62. The van der Waals surface area contributed by atoms with Crippen LogP contribution in [0.5, 0.6) is 0 Å². The summed E-state index contributed by atoms with van der Waals surface area (Å²) in [6.07, 6.45) is 2.12. The molecule has 2 aromatic rings. The summed E-state index contributed by atoms with van der Waals surface area (Å²) < 4.78 is 26.5. The fraction of sp³-hybridized carbons (Fsp3) is 0.400. The Morgan fingerprint density at radius 1 is 0.833 bits per heavy atom. The molecule has 0 aromatic heterocycles. The minimum atomic E-state index is -0.217. The Kier molecular flexibility index (Phi) is 5.94. The molecular formula is C20H26F2N2+2. The van der Waals surface area contributed by atoms with Gasteiger partial charge in [-0.2, -0.15) is 0 Å². The van der Waals surface area contributed by atoms with Crippen molar-refractivity contribution >= 4 is 0 Å². The van der Waals surface area contributed by atoms with Gasteiger partial charge in [0.25, 0.3) is 0 Å². The van der Waals surface area contributed by atoms with Gasteiger partial charge in [-0.15, -0.1) is 0 Å². The van der Waals surface area contributed by atoms with Crippen molar-refractivity contribution in [3.8, 4) is 0 Å². The summed E-state index contributed by atoms with van der Waals surface area (Å²) >= 11 is 0. The maximum atomic E-state index is 13.2. The van der Waals surface area contributed by atoms with Crippen molar-refractivity contribution in [3.63, 3.8) is 0 Å². The van der Waals surface area contributed by atoms with Gasteiger partial charge in [0.2, 0.25) is 0 Å². The van der Waals surface area contributed by atoms with Crippen molar-refractivity contribution in [1.29, 1.82) is 0 Å². The zero-order chi connectivity index (χ0) is 16.8. The zero-order valence-electron chi connectivity index (χ0n) is 14.0. The lowest BCUT2D eigenvalue weighted by molar-refractivity contribution is -0.947. The van der Waals surface area contributed by atoms with Crippen LogP contribution in [0.15, 0.2) is 48.5 Å². The predicted octanol–water partition coefficient (Wildman–Crippen LogP) is 1.34. The van der Waals surface area contributed by atoms with Gasteiger partial charge in [-0.25, -0.2) is 8.78 Å². The van der Waals surface area contributed by atoms with Crippen molar-refractivity contribution in [1.82, 2.24) is 0 Å². The van der Waals surface area contributed by atoms with Crippen LogP contribution < -0.4 is 10.2 Å². The highest BCUT2D eigenvalue weighted by Gasteiger charge is 2.18. The molecule has 1 aliphatic heterocycles. The second-order valence-corrected chi connectivity index (χ2v) is 6.66. The van der Waals surface area contributed by atoms with E-state index in [1.165, 1.54) is 57.0 Å². The van der Waals surface area contributed by atoms with Crippen molar-refractivity contribution in [2.75, 3.05) is 32.7 Å². The molecule has 1 saturated heterocycles. The van der Waals surface area contributed by atoms with E-state index in [0.29, 0.717) is 0 Å². The van der Waals surface area contributed by atoms with Crippen molar-refractivity contribution in [2.45, 2.75) is 18.8 Å². The lowest BCUT2D eigenvalue weighted by atomic mass is 9.87. The minimum absolute atomic E-state index is 0.196. The Morgan fingerprint density at radius 2 is 1.33 bits per heavy atom. The van der Waals surface area contributed by atoms with Crippen LogP contribution in [0.3, 0.4) is 0 Å². The molecule has 0 saturated carbocycles. The van der Waals surface area contributed by atoms with E-state index in [4.69, 9.17) is 0 Å². The molecule has 1 fully saturated rings. The fourth-order valence-corrected chi connectivity index (χ4v) is 3.60. The summed E-state index contributed by atoms with van der Waals surface area (Å²) in [6.45, 7) is 6.08. The SMILES string of the molecule is Fc1ccc(C(CCC[NH+]2CC[NH2+]CC2)c2ccc(F)cc2)cc1. The predicted molar refractivity (Wildman–Crippen MR) is 91.1 cm³/mol. The molecule has 4 heteroatoms. The Balaban J connectivity index is 1.69. The van der Waals surface area contributed by atoms with Crippen LogP contribution >= 0.6 is 0 Å². The Bertz CT molecular complexity index is 574. The summed E-state index contributed by atoms with van der Waals surface area (Å²) in [5.41, 5.74) is 2.20. The molecule has 3 rings (SSSR count). The number of nitrogens with two attached hydrogens (primary N) is 1. The van der Waals surface area contributed by atoms with Gasteiger partial charge in [0.05, 0.1) is 6.54 Å². The van der Waals surface area contributed by atoms with E-state index < -0.39 is 0 Å². The van der Waals surface area contributed by atoms with Crippen LogP contribution in [0, 0.1) is 11.6 Å². The fourth-order valence-electron chi connectivity index (χ4n) is 3.60. The monoisotopic (exact) mass is 332 g/mol. The van der Waals surface area contributed by atoms with E-state index in [9.17, 15) is 8.78 Å². The van der Waals surface area contributed by atoms with E-state index in [2.05, 4.69) is 5.32 Å². The topological polar surface area (TPSA) is 21.1 Å². The first-order chi connectivity index (χ1) is 11.7. The first kappa shape index (κ1) is 17.1. The molecular weight excluding hydrogens is 306 g/mol. The number of rotatable bonds is 6. The highest BCUT2D eigenvalue weighted by atomic mass is 19.1. The number of piperazine rings is 1. The van der Waals surface area contributed by atoms with Crippen LogP contribution in [-0.2, 0) is 0 Å². The van der Waals surface area contributed by atoms with Gasteiger partial charge in [0, 0.05) is 5.92 Å². The summed E-state index contributed by atoms with van der Waals surface area (Å²) in [6, 6.07) is 13.5. The third-order valence-corrected chi connectivity index (χ3v) is 4.97. The van der Waals surface area contributed by atoms with Crippen LogP contribution in [-0.4, -0.2) is 32.7 Å². The van der Waals surface area contributed by atoms with Gasteiger partial charge in [-0.3, -0.25) is 0 Å². The van der Waals surface area contributed by atoms with Gasteiger partial charge >= 0.3 is 0 Å². The molecule has 0 bridgehead atoms. The van der Waals surface area contributed by atoms with Crippen LogP contribution in [0.4, 0.5) is 8.78 Å². The van der Waals surface area contributed by atoms with Gasteiger partial charge in [-0.05, 0) is 48.2 Å². The molecule has 2 aromatic carbocycles. The highest BCUT2D eigenvalue weighted by Crippen LogP contribution is 2.29. The molecule has 0 amide bonds. The molecule has 0 unspecified atom stereocenters. The van der Waals surface area contributed by atoms with Crippen LogP contribution in [0.2, 0.25) is 0 Å². The van der Waals surface area contributed by atoms with Crippen LogP contribution in [0.1, 0.15) is 29.9 Å². The number of quaternary nitrogens is 2. The zero-order valence-corrected chi connectivity index (χ0v) is 14.0. The van der Waals surface area contributed by atoms with E-state index >= 15 is 0 Å². The maximum Gasteiger partial charge on any atom is 0.127 e. The van der Waals surface area contributed by atoms with Crippen LogP contribution in [0.25, 0.3) is 0 Å². The molecule has 0 aliphatic carbocycles. The van der Waals surface area contributed by atoms with Crippen molar-refractivity contribution < 1.29 is 19.0 Å². The highest BCUT2D eigenvalue weighted by molar-refractivity contribution is 5.32. The van der Waals surface area contributed by atoms with Crippen molar-refractivity contribution in [3.05, 3.63) is 71.3 Å². The second kappa shape index (κ2) is 8.36. The smallest absolute Gasteiger partial charge is 0.127 e. The first-order valence-electron chi connectivity index (χ1n) is 8.88. The second-order valence-electron chi connectivity index (χ2n) is 6.66. The van der Waals surface area contributed by atoms with Gasteiger partial charge in [0.15, 0.2) is 0 Å². The number of halogens is 2. The minimum Gasteiger partial charge on any atom is -0.337 e. The normalized spacial score (nSPS) is 15.8. The van der Waals surface area contributed by atoms with E-state index in [1.807, 2.05) is 24.3 Å². The quantitative estimate of drug-likeness (QED) is 0.797. The molecule has 0 atom stereocenters. The lowest BCUT2D eigenvalue weighted by Gasteiger charge is -2.24. The summed E-state index contributed by atoms with van der Waals surface area (Å²) in [4.78, 5) is 1.68. The molecule has 1 aliphatic rings. The molecule has 0 radical (unpaired) electrons. The molecule has 2 nitrogen and oxygen atoms in total. The van der Waals surface area contributed by atoms with E-state index in [-0.39, 0.29) is 17.6 Å². The van der Waals surface area contributed by atoms with E-state index in [1.54, 1.807) is 4.90 Å². The standard InChI is InChI=1S/C20H24F2N2/c21-18-7-3-16(4-8-18)20(17-5-9-19(22)10-6-17)2-1-13-24-14-11-23-12-15-24/h3-10,20,23H,1-2,11-15H2/p+2. The number of hydrogen-bond donors (Lipinski definition) is 2. The van der Waals surface area contributed by atoms with E-state index in [0.717, 1.165) is 24.0 Å². The molecule has 0 spiro atoms. The van der Waals surface area contributed by atoms with Gasteiger partial charge in [0.1, 0.15) is 37.8 Å². The third kappa shape index (κ3) is 4.62. The Hall–Kier alpha value is -1.78. The maximum absolute atomic E-state index is 13.2. The Labute approximate surface area is 142 Å². The summed E-state index contributed by atoms with van der Waals surface area (Å²) in [7, 11) is 0. The Morgan fingerprint density at radius 3 is 1.83 bits per heavy atom. The van der Waals surface area contributed by atoms with Crippen molar-refractivity contribution in [2.24, 2.45) is 0 Å². The summed E-state index contributed by atoms with van der Waals surface area (Å²) in [5, 5.41) is 2.38. The summed E-state index contributed by atoms with van der Waals surface area (Å²) in [5.74, 6) is -0.238.